The summed E-state index contributed by atoms with van der Waals surface area (Å²) in [5.41, 5.74) is 8.26. The molecule has 29 heavy (non-hydrogen) atoms. The van der Waals surface area contributed by atoms with Gasteiger partial charge in [0.1, 0.15) is 0 Å². The molecule has 2 saturated heterocycles. The van der Waals surface area contributed by atoms with Crippen molar-refractivity contribution in [2.75, 3.05) is 44.2 Å². The maximum atomic E-state index is 13.1. The fourth-order valence-corrected chi connectivity index (χ4v) is 4.06. The molecule has 0 radical (unpaired) electrons. The van der Waals surface area contributed by atoms with Gasteiger partial charge in [-0.25, -0.2) is 0 Å². The number of likely N-dealkylation sites (tertiary alicyclic amines) is 1. The Morgan fingerprint density at radius 3 is 2.52 bits per heavy atom. The van der Waals surface area contributed by atoms with Crippen LogP contribution in [0, 0.1) is 12.8 Å². The number of nitrogens with two attached hydrogens (primary N) is 1. The quantitative estimate of drug-likeness (QED) is 0.750. The van der Waals surface area contributed by atoms with E-state index in [1.54, 1.807) is 11.8 Å². The number of amides is 2. The van der Waals surface area contributed by atoms with Crippen molar-refractivity contribution >= 4 is 42.3 Å². The summed E-state index contributed by atoms with van der Waals surface area (Å²) in [5, 5.41) is 0. The molecule has 0 aromatic carbocycles. The normalized spacial score (nSPS) is 22.7. The van der Waals surface area contributed by atoms with E-state index in [1.807, 2.05) is 24.1 Å². The van der Waals surface area contributed by atoms with Gasteiger partial charge < -0.3 is 20.4 Å². The second-order valence-electron chi connectivity index (χ2n) is 7.78. The van der Waals surface area contributed by atoms with Crippen LogP contribution in [0.3, 0.4) is 0 Å². The molecule has 0 spiro atoms. The van der Waals surface area contributed by atoms with Gasteiger partial charge in [0.2, 0.25) is 11.8 Å². The zero-order valence-electron chi connectivity index (χ0n) is 17.2. The first-order valence-electron chi connectivity index (χ1n) is 9.91. The molecule has 9 heteroatoms. The summed E-state index contributed by atoms with van der Waals surface area (Å²) in [6.07, 6.45) is 4.32. The van der Waals surface area contributed by atoms with Gasteiger partial charge in [-0.05, 0) is 38.3 Å². The van der Waals surface area contributed by atoms with Gasteiger partial charge in [0.15, 0.2) is 0 Å². The molecule has 2 atom stereocenters. The molecule has 1 aromatic rings. The monoisotopic (exact) mass is 445 g/mol. The Balaban J connectivity index is 0.00000210. The first-order chi connectivity index (χ1) is 12.9. The number of rotatable bonds is 2. The van der Waals surface area contributed by atoms with Crippen molar-refractivity contribution in [2.24, 2.45) is 11.7 Å². The molecule has 0 saturated carbocycles. The van der Waals surface area contributed by atoms with Crippen LogP contribution >= 0.6 is 24.8 Å². The highest BCUT2D eigenvalue weighted by Gasteiger charge is 2.31. The van der Waals surface area contributed by atoms with Crippen molar-refractivity contribution in [3.05, 3.63) is 24.0 Å². The number of anilines is 1. The highest BCUT2D eigenvalue weighted by atomic mass is 35.5. The first kappa shape index (κ1) is 25.5. The lowest BCUT2D eigenvalue weighted by atomic mass is 10.0. The molecule has 2 amide bonds. The van der Waals surface area contributed by atoms with Gasteiger partial charge >= 0.3 is 0 Å². The zero-order chi connectivity index (χ0) is 19.4. The Kier molecular flexibility index (Phi) is 10.2. The maximum absolute atomic E-state index is 13.1. The predicted molar refractivity (Wildman–Crippen MR) is 120 cm³/mol. The van der Waals surface area contributed by atoms with Crippen LogP contribution in [0.2, 0.25) is 0 Å². The van der Waals surface area contributed by atoms with E-state index in [2.05, 4.69) is 16.0 Å². The minimum atomic E-state index is -0.142. The standard InChI is InChI=1S/C20H31N5O2.2ClH/c1-15-12-19(6-7-22-15)23-8-3-9-24(11-10-23)20(27)17-4-5-18(21)14-25(13-17)16(2)26;;/h6-7,12,17-18H,3-5,8-11,13-14,21H2,1-2H3;2*1H/t17-,18+;;/m1../s1. The van der Waals surface area contributed by atoms with E-state index in [4.69, 9.17) is 5.73 Å². The second kappa shape index (κ2) is 11.6. The molecule has 164 valence electrons. The van der Waals surface area contributed by atoms with Crippen LogP contribution in [0.25, 0.3) is 0 Å². The molecule has 0 unspecified atom stereocenters. The predicted octanol–water partition coefficient (Wildman–Crippen LogP) is 1.86. The van der Waals surface area contributed by atoms with Gasteiger partial charge in [-0.3, -0.25) is 14.6 Å². The van der Waals surface area contributed by atoms with Crippen molar-refractivity contribution in [2.45, 2.75) is 39.2 Å². The minimum Gasteiger partial charge on any atom is -0.370 e. The fourth-order valence-electron chi connectivity index (χ4n) is 4.06. The highest BCUT2D eigenvalue weighted by Crippen LogP contribution is 2.21. The summed E-state index contributed by atoms with van der Waals surface area (Å²) in [7, 11) is 0. The molecule has 2 fully saturated rings. The Bertz CT molecular complexity index is 691. The van der Waals surface area contributed by atoms with E-state index < -0.39 is 0 Å². The SMILES string of the molecule is CC(=O)N1C[C@@H](N)CC[C@@H](C(=O)N2CCCN(c3ccnc(C)c3)CC2)C1.Cl.Cl. The Morgan fingerprint density at radius 1 is 1.07 bits per heavy atom. The molecule has 1 aromatic heterocycles. The molecule has 2 aliphatic rings. The van der Waals surface area contributed by atoms with Crippen molar-refractivity contribution in [3.63, 3.8) is 0 Å². The van der Waals surface area contributed by atoms with E-state index in [0.29, 0.717) is 19.6 Å². The van der Waals surface area contributed by atoms with Crippen LogP contribution < -0.4 is 10.6 Å². The number of carbonyl (C=O) groups is 2. The number of hydrogen-bond donors (Lipinski definition) is 1. The van der Waals surface area contributed by atoms with Crippen molar-refractivity contribution in [1.82, 2.24) is 14.8 Å². The van der Waals surface area contributed by atoms with E-state index >= 15 is 0 Å². The second-order valence-corrected chi connectivity index (χ2v) is 7.78. The van der Waals surface area contributed by atoms with Crippen LogP contribution in [0.5, 0.6) is 0 Å². The summed E-state index contributed by atoms with van der Waals surface area (Å²) < 4.78 is 0. The van der Waals surface area contributed by atoms with Crippen molar-refractivity contribution in [3.8, 4) is 0 Å². The van der Waals surface area contributed by atoms with E-state index in [-0.39, 0.29) is 48.6 Å². The van der Waals surface area contributed by atoms with Gasteiger partial charge in [0.25, 0.3) is 0 Å². The summed E-state index contributed by atoms with van der Waals surface area (Å²) in [6, 6.07) is 4.08. The van der Waals surface area contributed by atoms with Gasteiger partial charge in [0, 0.05) is 69.8 Å². The molecule has 2 aliphatic heterocycles. The molecule has 7 nitrogen and oxygen atoms in total. The lowest BCUT2D eigenvalue weighted by molar-refractivity contribution is -0.137. The molecule has 2 N–H and O–H groups in total. The fraction of sp³-hybridized carbons (Fsp3) is 0.650. The van der Waals surface area contributed by atoms with Crippen molar-refractivity contribution < 1.29 is 9.59 Å². The van der Waals surface area contributed by atoms with Gasteiger partial charge in [0.05, 0.1) is 5.92 Å². The third kappa shape index (κ3) is 6.73. The molecular weight excluding hydrogens is 413 g/mol. The zero-order valence-corrected chi connectivity index (χ0v) is 18.9. The average molecular weight is 446 g/mol. The number of hydrogen-bond acceptors (Lipinski definition) is 5. The van der Waals surface area contributed by atoms with E-state index in [0.717, 1.165) is 44.6 Å². The van der Waals surface area contributed by atoms with Crippen LogP contribution in [0.1, 0.15) is 31.9 Å². The number of carbonyl (C=O) groups excluding carboxylic acids is 2. The number of aryl methyl sites for hydroxylation is 1. The van der Waals surface area contributed by atoms with Gasteiger partial charge in [-0.15, -0.1) is 24.8 Å². The van der Waals surface area contributed by atoms with Crippen molar-refractivity contribution in [1.29, 1.82) is 0 Å². The summed E-state index contributed by atoms with van der Waals surface area (Å²) in [4.78, 5) is 35.3. The third-order valence-corrected chi connectivity index (χ3v) is 5.63. The summed E-state index contributed by atoms with van der Waals surface area (Å²) in [5.74, 6) is 0.0283. The van der Waals surface area contributed by atoms with Crippen LogP contribution in [0.15, 0.2) is 18.3 Å². The van der Waals surface area contributed by atoms with Gasteiger partial charge in [-0.1, -0.05) is 0 Å². The molecular formula is C20H33Cl2N5O2. The highest BCUT2D eigenvalue weighted by molar-refractivity contribution is 5.85. The Hall–Kier alpha value is -1.57. The van der Waals surface area contributed by atoms with Crippen LogP contribution in [-0.4, -0.2) is 71.9 Å². The van der Waals surface area contributed by atoms with Gasteiger partial charge in [-0.2, -0.15) is 0 Å². The Morgan fingerprint density at radius 2 is 1.83 bits per heavy atom. The number of aromatic nitrogens is 1. The Labute approximate surface area is 185 Å². The lowest BCUT2D eigenvalue weighted by Gasteiger charge is -2.28. The maximum Gasteiger partial charge on any atom is 0.227 e. The largest absolute Gasteiger partial charge is 0.370 e. The lowest BCUT2D eigenvalue weighted by Crippen LogP contribution is -2.44. The summed E-state index contributed by atoms with van der Waals surface area (Å²) >= 11 is 0. The molecule has 0 bridgehead atoms. The minimum absolute atomic E-state index is 0. The van der Waals surface area contributed by atoms with Crippen LogP contribution in [0.4, 0.5) is 5.69 Å². The average Bonchev–Trinajstić information content (AvgIpc) is 3.00. The van der Waals surface area contributed by atoms with Crippen LogP contribution in [-0.2, 0) is 9.59 Å². The number of halogens is 2. The third-order valence-electron chi connectivity index (χ3n) is 5.63. The van der Waals surface area contributed by atoms with E-state index in [9.17, 15) is 9.59 Å². The first-order valence-corrected chi connectivity index (χ1v) is 9.91. The molecule has 3 heterocycles. The molecule has 3 rings (SSSR count). The van der Waals surface area contributed by atoms with E-state index in [1.165, 1.54) is 5.69 Å². The topological polar surface area (TPSA) is 82.8 Å². The smallest absolute Gasteiger partial charge is 0.227 e. The number of nitrogens with zero attached hydrogens (tertiary/aromatic N) is 4. The molecule has 0 aliphatic carbocycles. The summed E-state index contributed by atoms with van der Waals surface area (Å²) in [6.45, 7) is 7.82. The number of pyridine rings is 1.